The number of ketones is 1. The normalized spacial score (nSPS) is 18.5. The van der Waals surface area contributed by atoms with Crippen LogP contribution in [0.2, 0.25) is 0 Å². The Morgan fingerprint density at radius 1 is 1.00 bits per heavy atom. The van der Waals surface area contributed by atoms with Crippen molar-refractivity contribution in [2.24, 2.45) is 5.92 Å². The fourth-order valence-corrected chi connectivity index (χ4v) is 5.46. The maximum absolute atomic E-state index is 13.7. The summed E-state index contributed by atoms with van der Waals surface area (Å²) in [7, 11) is 3.82. The first-order chi connectivity index (χ1) is 20.0. The van der Waals surface area contributed by atoms with Crippen LogP contribution in [0.5, 0.6) is 0 Å². The molecule has 0 spiro atoms. The fourth-order valence-electron chi connectivity index (χ4n) is 5.46. The monoisotopic (exact) mass is 577 g/mol. The Morgan fingerprint density at radius 3 is 2.33 bits per heavy atom. The van der Waals surface area contributed by atoms with E-state index in [9.17, 15) is 24.0 Å². The average molecular weight is 578 g/mol. The van der Waals surface area contributed by atoms with Crippen LogP contribution in [0, 0.1) is 5.92 Å². The lowest BCUT2D eigenvalue weighted by atomic mass is 10.0. The molecule has 4 rings (SSSR count). The minimum Gasteiger partial charge on any atom is -0.445 e. The van der Waals surface area contributed by atoms with Gasteiger partial charge >= 0.3 is 6.09 Å². The predicted octanol–water partition coefficient (Wildman–Crippen LogP) is 2.20. The van der Waals surface area contributed by atoms with Crippen molar-refractivity contribution in [1.82, 2.24) is 20.4 Å². The first kappa shape index (κ1) is 30.5. The zero-order valence-electron chi connectivity index (χ0n) is 24.5. The van der Waals surface area contributed by atoms with Crippen molar-refractivity contribution in [2.75, 3.05) is 38.6 Å². The van der Waals surface area contributed by atoms with Crippen LogP contribution in [0.1, 0.15) is 42.6 Å². The van der Waals surface area contributed by atoms with Gasteiger partial charge < -0.3 is 30.1 Å². The number of ether oxygens (including phenoxy) is 1. The lowest BCUT2D eigenvalue weighted by Gasteiger charge is -2.29. The molecule has 2 aliphatic heterocycles. The number of nitrogens with one attached hydrogen (secondary N) is 2. The molecular formula is C31H39N5O6. The zero-order chi connectivity index (χ0) is 30.4. The van der Waals surface area contributed by atoms with Crippen LogP contribution in [0.4, 0.5) is 10.5 Å². The van der Waals surface area contributed by atoms with Crippen molar-refractivity contribution in [3.8, 4) is 0 Å². The Labute approximate surface area is 246 Å². The van der Waals surface area contributed by atoms with E-state index in [1.54, 1.807) is 12.1 Å². The SMILES string of the molecule is CC(C)CC(NC(=O)c1ccc(N(C)C)cc1)C(=O)N1CCC2C1C(=O)CN2C(=O)CNC(=O)OCc1ccccc1. The highest BCUT2D eigenvalue weighted by Gasteiger charge is 2.52. The van der Waals surface area contributed by atoms with Gasteiger partial charge in [0.05, 0.1) is 12.6 Å². The molecule has 2 aliphatic rings. The minimum atomic E-state index is -0.816. The minimum absolute atomic E-state index is 0.0698. The molecule has 224 valence electrons. The van der Waals surface area contributed by atoms with Gasteiger partial charge in [0.15, 0.2) is 5.78 Å². The molecule has 11 heteroatoms. The van der Waals surface area contributed by atoms with E-state index in [0.29, 0.717) is 18.4 Å². The third kappa shape index (κ3) is 7.26. The van der Waals surface area contributed by atoms with Gasteiger partial charge in [0.2, 0.25) is 11.8 Å². The molecule has 42 heavy (non-hydrogen) atoms. The van der Waals surface area contributed by atoms with Gasteiger partial charge in [0, 0.05) is 31.9 Å². The van der Waals surface area contributed by atoms with Gasteiger partial charge in [-0.25, -0.2) is 4.79 Å². The summed E-state index contributed by atoms with van der Waals surface area (Å²) in [4.78, 5) is 69.8. The molecule has 2 saturated heterocycles. The van der Waals surface area contributed by atoms with E-state index < -0.39 is 30.1 Å². The van der Waals surface area contributed by atoms with Gasteiger partial charge in [-0.2, -0.15) is 0 Å². The summed E-state index contributed by atoms with van der Waals surface area (Å²) in [5, 5.41) is 5.33. The molecule has 4 amide bonds. The van der Waals surface area contributed by atoms with Gasteiger partial charge in [-0.05, 0) is 48.6 Å². The van der Waals surface area contributed by atoms with E-state index in [0.717, 1.165) is 11.3 Å². The molecule has 2 heterocycles. The maximum atomic E-state index is 13.7. The lowest BCUT2D eigenvalue weighted by Crippen LogP contribution is -2.53. The van der Waals surface area contributed by atoms with Crippen molar-refractivity contribution < 1.29 is 28.7 Å². The van der Waals surface area contributed by atoms with Crippen molar-refractivity contribution >= 4 is 35.3 Å². The third-order valence-electron chi connectivity index (χ3n) is 7.58. The average Bonchev–Trinajstić information content (AvgIpc) is 3.55. The van der Waals surface area contributed by atoms with Crippen molar-refractivity contribution in [2.45, 2.75) is 51.4 Å². The standard InChI is InChI=1S/C31H39N5O6/c1-20(2)16-24(33-29(39)22-10-12-23(13-11-22)34(3)4)30(40)35-15-14-25-28(35)26(37)18-36(25)27(38)17-32-31(41)42-19-21-8-6-5-7-9-21/h5-13,20,24-25,28H,14-19H2,1-4H3,(H,32,41)(H,33,39). The molecule has 3 atom stereocenters. The number of nitrogens with zero attached hydrogens (tertiary/aromatic N) is 3. The molecule has 2 aromatic rings. The Kier molecular flexibility index (Phi) is 9.82. The van der Waals surface area contributed by atoms with Crippen LogP contribution in [0.25, 0.3) is 0 Å². The Morgan fingerprint density at radius 2 is 1.69 bits per heavy atom. The Hall–Kier alpha value is -4.41. The quantitative estimate of drug-likeness (QED) is 0.443. The molecule has 0 bridgehead atoms. The van der Waals surface area contributed by atoms with E-state index in [2.05, 4.69) is 10.6 Å². The van der Waals surface area contributed by atoms with Gasteiger partial charge in [-0.1, -0.05) is 44.2 Å². The number of carbonyl (C=O) groups is 5. The topological polar surface area (TPSA) is 128 Å². The van der Waals surface area contributed by atoms with Crippen LogP contribution in [-0.4, -0.2) is 91.3 Å². The lowest BCUT2D eigenvalue weighted by molar-refractivity contribution is -0.138. The van der Waals surface area contributed by atoms with Crippen molar-refractivity contribution in [1.29, 1.82) is 0 Å². The fraction of sp³-hybridized carbons (Fsp3) is 0.452. The van der Waals surface area contributed by atoms with Gasteiger partial charge in [0.25, 0.3) is 5.91 Å². The summed E-state index contributed by atoms with van der Waals surface area (Å²) >= 11 is 0. The summed E-state index contributed by atoms with van der Waals surface area (Å²) in [5.74, 6) is -1.25. The summed E-state index contributed by atoms with van der Waals surface area (Å²) < 4.78 is 5.16. The summed E-state index contributed by atoms with van der Waals surface area (Å²) in [6.45, 7) is 3.82. The summed E-state index contributed by atoms with van der Waals surface area (Å²) in [5.41, 5.74) is 2.20. The molecule has 0 saturated carbocycles. The second-order valence-corrected chi connectivity index (χ2v) is 11.3. The van der Waals surface area contributed by atoms with Crippen molar-refractivity contribution in [3.63, 3.8) is 0 Å². The molecule has 3 unspecified atom stereocenters. The molecular weight excluding hydrogens is 538 g/mol. The first-order valence-corrected chi connectivity index (χ1v) is 14.2. The summed E-state index contributed by atoms with van der Waals surface area (Å²) in [6, 6.07) is 14.2. The third-order valence-corrected chi connectivity index (χ3v) is 7.58. The number of carbonyl (C=O) groups excluding carboxylic acids is 5. The molecule has 0 aliphatic carbocycles. The first-order valence-electron chi connectivity index (χ1n) is 14.2. The Balaban J connectivity index is 1.36. The highest BCUT2D eigenvalue weighted by atomic mass is 16.5. The molecule has 2 aromatic carbocycles. The molecule has 0 aromatic heterocycles. The largest absolute Gasteiger partial charge is 0.445 e. The maximum Gasteiger partial charge on any atom is 0.407 e. The van der Waals surface area contributed by atoms with Crippen LogP contribution in [0.15, 0.2) is 54.6 Å². The number of hydrogen-bond donors (Lipinski definition) is 2. The summed E-state index contributed by atoms with van der Waals surface area (Å²) in [6.07, 6.45) is 0.0990. The number of hydrogen-bond acceptors (Lipinski definition) is 7. The van der Waals surface area contributed by atoms with Gasteiger partial charge in [0.1, 0.15) is 25.2 Å². The number of fused-ring (bicyclic) bond motifs is 1. The number of Topliss-reactive ketones (excluding diaryl/α,β-unsaturated/α-hetero) is 1. The molecule has 0 radical (unpaired) electrons. The van der Waals surface area contributed by atoms with Crippen LogP contribution >= 0.6 is 0 Å². The van der Waals surface area contributed by atoms with E-state index in [1.165, 1.54) is 9.80 Å². The van der Waals surface area contributed by atoms with Crippen LogP contribution in [-0.2, 0) is 25.7 Å². The van der Waals surface area contributed by atoms with Crippen molar-refractivity contribution in [3.05, 3.63) is 65.7 Å². The van der Waals surface area contributed by atoms with Gasteiger partial charge in [-0.3, -0.25) is 19.2 Å². The second kappa shape index (κ2) is 13.5. The van der Waals surface area contributed by atoms with E-state index in [4.69, 9.17) is 4.74 Å². The predicted molar refractivity (Wildman–Crippen MR) is 157 cm³/mol. The van der Waals surface area contributed by atoms with E-state index in [-0.39, 0.29) is 49.8 Å². The van der Waals surface area contributed by atoms with Crippen LogP contribution < -0.4 is 15.5 Å². The molecule has 11 nitrogen and oxygen atoms in total. The number of alkyl carbamates (subject to hydrolysis) is 1. The number of anilines is 1. The van der Waals surface area contributed by atoms with Crippen LogP contribution in [0.3, 0.4) is 0 Å². The number of benzene rings is 2. The zero-order valence-corrected chi connectivity index (χ0v) is 24.5. The number of rotatable bonds is 10. The highest BCUT2D eigenvalue weighted by Crippen LogP contribution is 2.31. The van der Waals surface area contributed by atoms with Gasteiger partial charge in [-0.15, -0.1) is 0 Å². The molecule has 2 fully saturated rings. The second-order valence-electron chi connectivity index (χ2n) is 11.3. The number of amides is 4. The Bertz CT molecular complexity index is 1300. The smallest absolute Gasteiger partial charge is 0.407 e. The highest BCUT2D eigenvalue weighted by molar-refractivity contribution is 6.01. The molecule has 2 N–H and O–H groups in total. The number of likely N-dealkylation sites (tertiary alicyclic amines) is 2. The van der Waals surface area contributed by atoms with E-state index in [1.807, 2.05) is 75.3 Å². The van der Waals surface area contributed by atoms with E-state index >= 15 is 0 Å².